The lowest BCUT2D eigenvalue weighted by molar-refractivity contribution is 0.0962. The zero-order valence-corrected chi connectivity index (χ0v) is 21.1. The molecule has 1 aliphatic heterocycles. The van der Waals surface area contributed by atoms with Crippen LogP contribution in [0.15, 0.2) is 85.1 Å². The molecule has 1 aliphatic carbocycles. The zero-order chi connectivity index (χ0) is 25.0. The number of benzene rings is 3. The molecule has 0 saturated carbocycles. The first-order valence-corrected chi connectivity index (χ1v) is 13.3. The number of pyridine rings is 1. The number of fused-ring (bicyclic) bond motifs is 3. The fourth-order valence-electron chi connectivity index (χ4n) is 5.93. The van der Waals surface area contributed by atoms with Gasteiger partial charge in [-0.15, -0.1) is 0 Å². The molecule has 0 N–H and O–H groups in total. The number of aryl methyl sites for hydroxylation is 2. The Hall–Kier alpha value is -3.72. The van der Waals surface area contributed by atoms with E-state index in [9.17, 15) is 5.26 Å². The first kappa shape index (κ1) is 23.7. The molecule has 0 amide bonds. The van der Waals surface area contributed by atoms with E-state index in [2.05, 4.69) is 69.4 Å². The van der Waals surface area contributed by atoms with Gasteiger partial charge in [-0.1, -0.05) is 54.6 Å². The van der Waals surface area contributed by atoms with Gasteiger partial charge in [0.15, 0.2) is 0 Å². The van der Waals surface area contributed by atoms with Crippen molar-refractivity contribution in [2.75, 3.05) is 39.3 Å². The summed E-state index contributed by atoms with van der Waals surface area (Å²) in [7, 11) is 0. The first-order chi connectivity index (χ1) is 18.3. The monoisotopic (exact) mass is 488 g/mol. The minimum Gasteiger partial charge on any atom is -0.491 e. The van der Waals surface area contributed by atoms with E-state index in [1.807, 2.05) is 30.3 Å². The van der Waals surface area contributed by atoms with Gasteiger partial charge in [-0.3, -0.25) is 14.8 Å². The molecule has 2 aliphatic rings. The van der Waals surface area contributed by atoms with E-state index in [0.717, 1.165) is 62.2 Å². The van der Waals surface area contributed by atoms with Crippen molar-refractivity contribution in [3.63, 3.8) is 0 Å². The van der Waals surface area contributed by atoms with Gasteiger partial charge in [0.2, 0.25) is 0 Å². The fourth-order valence-corrected chi connectivity index (χ4v) is 5.93. The van der Waals surface area contributed by atoms with Gasteiger partial charge < -0.3 is 4.74 Å². The minimum atomic E-state index is -0.183. The molecule has 5 heteroatoms. The average Bonchev–Trinajstić information content (AvgIpc) is 3.13. The average molecular weight is 489 g/mol. The third-order valence-electron chi connectivity index (χ3n) is 7.84. The molecule has 0 radical (unpaired) electrons. The summed E-state index contributed by atoms with van der Waals surface area (Å²) in [5.74, 6) is 0.610. The Bertz CT molecular complexity index is 1370. The standard InChI is InChI=1S/C32H32N4O/c33-21-24(23-37-31-13-5-12-30-29(31)11-6-16-34-30)22-35-17-19-36(20-18-35)32-27-9-3-1-7-25(27)14-15-26-8-2-4-10-28(26)32/h1-13,16,24,32H,14-15,17-20,22-23H2. The molecular weight excluding hydrogens is 456 g/mol. The van der Waals surface area contributed by atoms with Crippen molar-refractivity contribution >= 4 is 10.9 Å². The summed E-state index contributed by atoms with van der Waals surface area (Å²) in [5.41, 5.74) is 6.75. The van der Waals surface area contributed by atoms with Gasteiger partial charge in [0, 0.05) is 44.3 Å². The maximum absolute atomic E-state index is 9.87. The minimum absolute atomic E-state index is 0.183. The van der Waals surface area contributed by atoms with Crippen molar-refractivity contribution in [2.24, 2.45) is 5.92 Å². The second-order valence-electron chi connectivity index (χ2n) is 10.1. The van der Waals surface area contributed by atoms with Crippen molar-refractivity contribution < 1.29 is 4.74 Å². The Morgan fingerprint density at radius 1 is 0.838 bits per heavy atom. The van der Waals surface area contributed by atoms with Crippen molar-refractivity contribution in [1.82, 2.24) is 14.8 Å². The smallest absolute Gasteiger partial charge is 0.128 e. The molecule has 0 spiro atoms. The summed E-state index contributed by atoms with van der Waals surface area (Å²) < 4.78 is 6.12. The van der Waals surface area contributed by atoms with Gasteiger partial charge >= 0.3 is 0 Å². The predicted molar refractivity (Wildman–Crippen MR) is 146 cm³/mol. The number of aromatic nitrogens is 1. The Balaban J connectivity index is 1.12. The largest absolute Gasteiger partial charge is 0.491 e. The zero-order valence-electron chi connectivity index (χ0n) is 21.1. The van der Waals surface area contributed by atoms with Crippen LogP contribution in [0.2, 0.25) is 0 Å². The van der Waals surface area contributed by atoms with Gasteiger partial charge in [-0.2, -0.15) is 5.26 Å². The highest BCUT2D eigenvalue weighted by molar-refractivity contribution is 5.84. The van der Waals surface area contributed by atoms with E-state index in [1.165, 1.54) is 22.3 Å². The molecule has 2 heterocycles. The number of nitriles is 1. The lowest BCUT2D eigenvalue weighted by Gasteiger charge is -2.40. The van der Waals surface area contributed by atoms with E-state index < -0.39 is 0 Å². The lowest BCUT2D eigenvalue weighted by Crippen LogP contribution is -2.49. The summed E-state index contributed by atoms with van der Waals surface area (Å²) in [6, 6.07) is 30.5. The molecule has 1 unspecified atom stereocenters. The van der Waals surface area contributed by atoms with Crippen LogP contribution >= 0.6 is 0 Å². The Morgan fingerprint density at radius 2 is 1.54 bits per heavy atom. The highest BCUT2D eigenvalue weighted by Gasteiger charge is 2.31. The normalized spacial score (nSPS) is 17.4. The van der Waals surface area contributed by atoms with Crippen molar-refractivity contribution in [1.29, 1.82) is 5.26 Å². The van der Waals surface area contributed by atoms with E-state index >= 15 is 0 Å². The van der Waals surface area contributed by atoms with E-state index in [4.69, 9.17) is 4.74 Å². The number of ether oxygens (including phenoxy) is 1. The maximum atomic E-state index is 9.87. The summed E-state index contributed by atoms with van der Waals surface area (Å²) in [4.78, 5) is 9.47. The Kier molecular flexibility index (Phi) is 6.86. The van der Waals surface area contributed by atoms with Crippen LogP contribution < -0.4 is 4.74 Å². The number of rotatable bonds is 6. The van der Waals surface area contributed by atoms with Gasteiger partial charge in [0.25, 0.3) is 0 Å². The molecule has 1 saturated heterocycles. The van der Waals surface area contributed by atoms with E-state index in [-0.39, 0.29) is 5.92 Å². The molecule has 1 atom stereocenters. The summed E-state index contributed by atoms with van der Waals surface area (Å²) >= 11 is 0. The maximum Gasteiger partial charge on any atom is 0.128 e. The molecule has 3 aromatic carbocycles. The molecule has 186 valence electrons. The molecule has 5 nitrogen and oxygen atoms in total. The molecule has 1 aromatic heterocycles. The topological polar surface area (TPSA) is 52.4 Å². The van der Waals surface area contributed by atoms with Crippen LogP contribution in [0.25, 0.3) is 10.9 Å². The highest BCUT2D eigenvalue weighted by atomic mass is 16.5. The van der Waals surface area contributed by atoms with Crippen LogP contribution in [-0.2, 0) is 12.8 Å². The Labute approximate surface area is 218 Å². The van der Waals surface area contributed by atoms with Crippen LogP contribution in [0.4, 0.5) is 0 Å². The summed E-state index contributed by atoms with van der Waals surface area (Å²) in [5, 5.41) is 10.9. The van der Waals surface area contributed by atoms with Gasteiger partial charge in [-0.05, 0) is 59.4 Å². The molecule has 0 bridgehead atoms. The van der Waals surface area contributed by atoms with Gasteiger partial charge in [-0.25, -0.2) is 0 Å². The number of hydrogen-bond donors (Lipinski definition) is 0. The molecule has 1 fully saturated rings. The quantitative estimate of drug-likeness (QED) is 0.371. The summed E-state index contributed by atoms with van der Waals surface area (Å²) in [6.07, 6.45) is 3.98. The number of piperazine rings is 1. The van der Waals surface area contributed by atoms with Crippen LogP contribution in [-0.4, -0.2) is 54.1 Å². The molecule has 4 aromatic rings. The first-order valence-electron chi connectivity index (χ1n) is 13.3. The van der Waals surface area contributed by atoms with Crippen LogP contribution in [0.1, 0.15) is 28.3 Å². The van der Waals surface area contributed by atoms with E-state index in [1.54, 1.807) is 6.20 Å². The van der Waals surface area contributed by atoms with Crippen LogP contribution in [0.3, 0.4) is 0 Å². The second-order valence-corrected chi connectivity index (χ2v) is 10.1. The second kappa shape index (κ2) is 10.7. The lowest BCUT2D eigenvalue weighted by atomic mass is 9.92. The summed E-state index contributed by atoms with van der Waals surface area (Å²) in [6.45, 7) is 5.00. The number of nitrogens with zero attached hydrogens (tertiary/aromatic N) is 4. The Morgan fingerprint density at radius 3 is 2.24 bits per heavy atom. The van der Waals surface area contributed by atoms with Crippen LogP contribution in [0.5, 0.6) is 5.75 Å². The van der Waals surface area contributed by atoms with Crippen molar-refractivity contribution in [3.8, 4) is 11.8 Å². The third kappa shape index (κ3) is 4.96. The fraction of sp³-hybridized carbons (Fsp3) is 0.312. The predicted octanol–water partition coefficient (Wildman–Crippen LogP) is 5.26. The highest BCUT2D eigenvalue weighted by Crippen LogP contribution is 2.37. The van der Waals surface area contributed by atoms with E-state index in [0.29, 0.717) is 12.6 Å². The molecule has 6 rings (SSSR count). The molecular formula is C32H32N4O. The van der Waals surface area contributed by atoms with Crippen molar-refractivity contribution in [2.45, 2.75) is 18.9 Å². The third-order valence-corrected chi connectivity index (χ3v) is 7.84. The number of hydrogen-bond acceptors (Lipinski definition) is 5. The van der Waals surface area contributed by atoms with Gasteiger partial charge in [0.1, 0.15) is 12.4 Å². The van der Waals surface area contributed by atoms with Crippen molar-refractivity contribution in [3.05, 3.63) is 107 Å². The molecule has 37 heavy (non-hydrogen) atoms. The van der Waals surface area contributed by atoms with Gasteiger partial charge in [0.05, 0.1) is 23.5 Å². The SMILES string of the molecule is N#CC(COc1cccc2ncccc12)CN1CCN(C2c3ccccc3CCc3ccccc32)CC1. The van der Waals surface area contributed by atoms with Crippen LogP contribution in [0, 0.1) is 17.2 Å².